The Balaban J connectivity index is 1.88. The summed E-state index contributed by atoms with van der Waals surface area (Å²) in [7, 11) is 1.49. The lowest BCUT2D eigenvalue weighted by molar-refractivity contribution is -0.0453. The van der Waals surface area contributed by atoms with Gasteiger partial charge < -0.3 is 19.5 Å². The molecule has 2 heterocycles. The lowest BCUT2D eigenvalue weighted by atomic mass is 9.53. The van der Waals surface area contributed by atoms with Gasteiger partial charge >= 0.3 is 0 Å². The molecule has 0 radical (unpaired) electrons. The van der Waals surface area contributed by atoms with Gasteiger partial charge in [0, 0.05) is 31.1 Å². The van der Waals surface area contributed by atoms with E-state index in [0.717, 1.165) is 4.90 Å². The van der Waals surface area contributed by atoms with Gasteiger partial charge in [-0.3, -0.25) is 0 Å². The van der Waals surface area contributed by atoms with Gasteiger partial charge in [0.15, 0.2) is 11.5 Å². The zero-order valence-electron chi connectivity index (χ0n) is 19.1. The second kappa shape index (κ2) is 4.06. The first kappa shape index (κ1) is 7.84. The van der Waals surface area contributed by atoms with Crippen molar-refractivity contribution in [1.29, 1.82) is 1.43 Å². The van der Waals surface area contributed by atoms with Gasteiger partial charge in [-0.1, -0.05) is 18.2 Å². The number of aliphatic hydroxyl groups excluding tert-OH is 1. The molecule has 2 unspecified atom stereocenters. The average Bonchev–Trinajstić information content (AvgIpc) is 2.99. The Morgan fingerprint density at radius 1 is 1.59 bits per heavy atom. The number of piperidine rings is 1. The molecule has 5 rings (SSSR count). The van der Waals surface area contributed by atoms with E-state index in [-0.39, 0.29) is 13.0 Å². The zero-order valence-corrected chi connectivity index (χ0v) is 12.1. The van der Waals surface area contributed by atoms with E-state index in [1.165, 1.54) is 19.3 Å². The fourth-order valence-corrected chi connectivity index (χ4v) is 4.52. The number of methoxy groups -OCH3 is 1. The molecular weight excluding hydrogens is 278 g/mol. The van der Waals surface area contributed by atoms with Crippen LogP contribution in [0.2, 0.25) is 0 Å². The molecule has 0 saturated carbocycles. The first-order chi connectivity index (χ1) is 13.5. The van der Waals surface area contributed by atoms with Crippen molar-refractivity contribution < 1.29 is 22.8 Å². The summed E-state index contributed by atoms with van der Waals surface area (Å²) in [5, 5.41) is 4.89. The van der Waals surface area contributed by atoms with Gasteiger partial charge in [0.05, 0.1) is 7.11 Å². The predicted octanol–water partition coefficient (Wildman–Crippen LogP) is 1.50. The number of hydrogen-bond acceptors (Lipinski definition) is 4. The van der Waals surface area contributed by atoms with Crippen LogP contribution in [0.15, 0.2) is 24.3 Å². The van der Waals surface area contributed by atoms with E-state index in [1.807, 2.05) is 0 Å². The van der Waals surface area contributed by atoms with Crippen molar-refractivity contribution in [2.24, 2.45) is 5.89 Å². The second-order valence-corrected chi connectivity index (χ2v) is 6.30. The number of nitrogens with zero attached hydrogens (tertiary/aromatic N) is 1. The highest BCUT2D eigenvalue weighted by Crippen LogP contribution is 2.62. The SMILES string of the molecule is [2H]OC1C=C[C@@]2([2H])[C@@H]3N(C([2H])([2H])[2H])CC[C@@]24c2c(ccc(OC)c2OC14)C3([2H])[2H]. The molecule has 1 aromatic carbocycles. The highest BCUT2D eigenvalue weighted by Gasteiger charge is 2.64. The van der Waals surface area contributed by atoms with Crippen LogP contribution < -0.4 is 9.47 Å². The van der Waals surface area contributed by atoms with Crippen LogP contribution in [0.25, 0.3) is 0 Å². The minimum absolute atomic E-state index is 0.0792. The fourth-order valence-electron chi connectivity index (χ4n) is 4.52. The molecule has 4 aliphatic rings. The Hall–Kier alpha value is -1.52. The minimum atomic E-state index is -2.55. The second-order valence-electron chi connectivity index (χ2n) is 6.30. The van der Waals surface area contributed by atoms with E-state index < -0.39 is 42.9 Å². The Kier molecular flexibility index (Phi) is 1.45. The Labute approximate surface area is 140 Å². The summed E-state index contributed by atoms with van der Waals surface area (Å²) in [4.78, 5) is 1.14. The number of likely N-dealkylation sites (tertiary alicyclic amines) is 1. The minimum Gasteiger partial charge on any atom is -0.493 e. The Bertz CT molecular complexity index is 919. The van der Waals surface area contributed by atoms with Crippen molar-refractivity contribution in [2.45, 2.75) is 36.5 Å². The Morgan fingerprint density at radius 2 is 2.55 bits per heavy atom. The summed E-state index contributed by atoms with van der Waals surface area (Å²) < 4.78 is 70.5. The van der Waals surface area contributed by atoms with E-state index in [0.29, 0.717) is 22.6 Å². The van der Waals surface area contributed by atoms with E-state index in [4.69, 9.17) is 22.9 Å². The first-order valence-corrected chi connectivity index (χ1v) is 7.50. The largest absolute Gasteiger partial charge is 0.493 e. The standard InChI is InChI=1S/C18H21NO3/c1-19-8-7-18-11-4-5-13(20)17(18)22-16-14(21-2)6-3-10(15(16)18)9-12(11)19/h3-6,11-13,17,20H,7-9H2,1-2H3/t11-,12+,13?,17?,18-/m0/s1/i1D3,9D2,11D,20D. The molecule has 0 amide bonds. The number of aliphatic hydroxyl groups is 1. The van der Waals surface area contributed by atoms with Gasteiger partial charge in [0.2, 0.25) is 1.43 Å². The highest BCUT2D eigenvalue weighted by atomic mass is 16.5. The highest BCUT2D eigenvalue weighted by molar-refractivity contribution is 5.62. The van der Waals surface area contributed by atoms with Crippen molar-refractivity contribution in [3.05, 3.63) is 35.4 Å². The van der Waals surface area contributed by atoms with Crippen molar-refractivity contribution in [2.75, 3.05) is 20.6 Å². The number of ether oxygens (including phenoxy) is 2. The molecule has 2 aliphatic heterocycles. The molecule has 2 aliphatic carbocycles. The molecule has 5 atom stereocenters. The number of rotatable bonds is 2. The van der Waals surface area contributed by atoms with E-state index in [1.54, 1.807) is 12.1 Å². The predicted molar refractivity (Wildman–Crippen MR) is 82.5 cm³/mol. The van der Waals surface area contributed by atoms with Crippen LogP contribution in [0.5, 0.6) is 11.5 Å². The van der Waals surface area contributed by atoms with Crippen LogP contribution in [0.4, 0.5) is 0 Å². The van der Waals surface area contributed by atoms with Gasteiger partial charge in [0.1, 0.15) is 12.2 Å². The first-order valence-electron chi connectivity index (χ1n) is 10.9. The molecule has 1 saturated heterocycles. The fraction of sp³-hybridized carbons (Fsp3) is 0.556. The molecule has 2 bridgehead atoms. The molecular formula is C18H21NO3. The van der Waals surface area contributed by atoms with Gasteiger partial charge in [0.25, 0.3) is 0 Å². The van der Waals surface area contributed by atoms with Gasteiger partial charge in [-0.25, -0.2) is 0 Å². The van der Waals surface area contributed by atoms with Gasteiger partial charge in [-0.05, 0) is 37.9 Å². The van der Waals surface area contributed by atoms with E-state index >= 15 is 0 Å². The zero-order chi connectivity index (χ0) is 21.0. The van der Waals surface area contributed by atoms with Crippen molar-refractivity contribution >= 4 is 0 Å². The van der Waals surface area contributed by atoms with E-state index in [9.17, 15) is 1.37 Å². The normalized spacial score (nSPS) is 51.9. The summed E-state index contributed by atoms with van der Waals surface area (Å²) >= 11 is 0. The molecule has 22 heavy (non-hydrogen) atoms. The maximum absolute atomic E-state index is 9.48. The number of likely N-dealkylation sites (N-methyl/N-ethyl adjacent to an activating group) is 1. The van der Waals surface area contributed by atoms with Crippen molar-refractivity contribution in [3.63, 3.8) is 0 Å². The molecule has 4 heteroatoms. The molecule has 1 spiro atoms. The topological polar surface area (TPSA) is 41.9 Å². The van der Waals surface area contributed by atoms with E-state index in [2.05, 4.69) is 0 Å². The molecule has 1 N–H and O–H groups in total. The molecule has 0 aromatic heterocycles. The van der Waals surface area contributed by atoms with Gasteiger partial charge in [-0.15, -0.1) is 0 Å². The smallest absolute Gasteiger partial charge is 0.211 e. The summed E-state index contributed by atoms with van der Waals surface area (Å²) in [6.07, 6.45) is -0.313. The maximum Gasteiger partial charge on any atom is 0.211 e. The summed E-state index contributed by atoms with van der Waals surface area (Å²) in [5.74, 6) is -0.832. The summed E-state index contributed by atoms with van der Waals surface area (Å²) in [5.41, 5.74) is -0.170. The van der Waals surface area contributed by atoms with Crippen LogP contribution in [-0.4, -0.2) is 50.3 Å². The van der Waals surface area contributed by atoms with Crippen LogP contribution in [0.1, 0.15) is 25.8 Å². The third-order valence-corrected chi connectivity index (χ3v) is 5.44. The average molecular weight is 306 g/mol. The maximum atomic E-state index is 9.48. The lowest BCUT2D eigenvalue weighted by Gasteiger charge is -2.56. The monoisotopic (exact) mass is 306 g/mol. The van der Waals surface area contributed by atoms with Crippen LogP contribution in [0, 0.1) is 5.89 Å². The Morgan fingerprint density at radius 3 is 3.36 bits per heavy atom. The third kappa shape index (κ3) is 1.28. The lowest BCUT2D eigenvalue weighted by Crippen LogP contribution is -2.64. The summed E-state index contributed by atoms with van der Waals surface area (Å²) in [6.45, 7) is -2.47. The van der Waals surface area contributed by atoms with Gasteiger partial charge in [-0.2, -0.15) is 0 Å². The number of benzene rings is 1. The molecule has 4 nitrogen and oxygen atoms in total. The van der Waals surface area contributed by atoms with Crippen molar-refractivity contribution in [3.8, 4) is 11.5 Å². The molecule has 116 valence electrons. The molecule has 1 fully saturated rings. The number of hydrogen-bond donors (Lipinski definition) is 1. The quantitative estimate of drug-likeness (QED) is 0.841. The molecule has 1 aromatic rings. The van der Waals surface area contributed by atoms with Crippen LogP contribution in [-0.2, 0) is 11.8 Å². The third-order valence-electron chi connectivity index (χ3n) is 5.44. The summed E-state index contributed by atoms with van der Waals surface area (Å²) in [6, 6.07) is 1.96. The van der Waals surface area contributed by atoms with Crippen molar-refractivity contribution in [1.82, 2.24) is 4.90 Å². The van der Waals surface area contributed by atoms with Crippen LogP contribution >= 0.6 is 0 Å². The van der Waals surface area contributed by atoms with Crippen LogP contribution in [0.3, 0.4) is 0 Å².